The summed E-state index contributed by atoms with van der Waals surface area (Å²) < 4.78 is 9.12. The Morgan fingerprint density at radius 3 is 1.69 bits per heavy atom. The van der Waals surface area contributed by atoms with E-state index in [-0.39, 0.29) is 0 Å². The maximum atomic E-state index is 6.59. The van der Waals surface area contributed by atoms with Crippen LogP contribution < -0.4 is 4.90 Å². The highest BCUT2D eigenvalue weighted by Crippen LogP contribution is 2.48. The van der Waals surface area contributed by atoms with Gasteiger partial charge in [0, 0.05) is 53.6 Å². The maximum Gasteiger partial charge on any atom is 0.144 e. The van der Waals surface area contributed by atoms with E-state index in [9.17, 15) is 0 Å². The predicted molar refractivity (Wildman–Crippen MR) is 219 cm³/mol. The lowest BCUT2D eigenvalue weighted by molar-refractivity contribution is 0.673. The highest BCUT2D eigenvalue weighted by Gasteiger charge is 2.20. The number of anilines is 3. The third kappa shape index (κ3) is 4.29. The minimum absolute atomic E-state index is 0.926. The molecule has 0 atom stereocenters. The van der Waals surface area contributed by atoms with Crippen LogP contribution in [0.3, 0.4) is 0 Å². The summed E-state index contributed by atoms with van der Waals surface area (Å²) in [7, 11) is 0. The van der Waals surface area contributed by atoms with Gasteiger partial charge in [0.15, 0.2) is 0 Å². The molecule has 0 saturated heterocycles. The van der Waals surface area contributed by atoms with Gasteiger partial charge in [-0.05, 0) is 98.5 Å². The van der Waals surface area contributed by atoms with Crippen molar-refractivity contribution in [2.45, 2.75) is 0 Å². The topological polar surface area (TPSA) is 16.4 Å². The standard InChI is InChI=1S/C48H29NOS/c1-3-13-31(14-4-1)49(32-15-5-2-6-16-32)33-24-26-37-36-25-23-30(27-41(36)34-17-7-8-18-35(34)42(37)28-33)40-29-43-38-19-9-11-21-44(38)50-47(43)46-39-20-10-12-22-45(39)51-48(40)46/h1-29H. The first-order valence-corrected chi connectivity index (χ1v) is 18.2. The first kappa shape index (κ1) is 28.4. The van der Waals surface area contributed by atoms with Gasteiger partial charge in [0.25, 0.3) is 0 Å². The Morgan fingerprint density at radius 2 is 0.961 bits per heavy atom. The quantitative estimate of drug-likeness (QED) is 0.174. The largest absolute Gasteiger partial charge is 0.455 e. The fraction of sp³-hybridized carbons (Fsp3) is 0. The first-order valence-electron chi connectivity index (χ1n) is 17.3. The zero-order chi connectivity index (χ0) is 33.5. The molecule has 0 saturated carbocycles. The lowest BCUT2D eigenvalue weighted by atomic mass is 9.91. The predicted octanol–water partition coefficient (Wildman–Crippen LogP) is 14.6. The number of hydrogen-bond acceptors (Lipinski definition) is 3. The second-order valence-electron chi connectivity index (χ2n) is 13.2. The summed E-state index contributed by atoms with van der Waals surface area (Å²) in [5.74, 6) is 0. The van der Waals surface area contributed by atoms with Crippen LogP contribution in [0.15, 0.2) is 180 Å². The van der Waals surface area contributed by atoms with E-state index in [2.05, 4.69) is 181 Å². The average molecular weight is 668 g/mol. The molecule has 2 heterocycles. The molecule has 238 valence electrons. The molecule has 3 heteroatoms. The summed E-state index contributed by atoms with van der Waals surface area (Å²) in [6.45, 7) is 0. The number of furan rings is 1. The van der Waals surface area contributed by atoms with Crippen molar-refractivity contribution in [3.05, 3.63) is 176 Å². The van der Waals surface area contributed by atoms with Crippen molar-refractivity contribution in [3.8, 4) is 11.1 Å². The zero-order valence-corrected chi connectivity index (χ0v) is 28.3. The van der Waals surface area contributed by atoms with Crippen molar-refractivity contribution < 1.29 is 4.42 Å². The van der Waals surface area contributed by atoms with E-state index in [1.54, 1.807) is 0 Å². The summed E-state index contributed by atoms with van der Waals surface area (Å²) >= 11 is 1.86. The molecular weight excluding hydrogens is 639 g/mol. The third-order valence-corrected chi connectivity index (χ3v) is 11.6. The van der Waals surface area contributed by atoms with Gasteiger partial charge in [0.05, 0.1) is 0 Å². The normalized spacial score (nSPS) is 11.9. The lowest BCUT2D eigenvalue weighted by Gasteiger charge is -2.26. The molecule has 0 aliphatic heterocycles. The molecule has 0 aliphatic carbocycles. The van der Waals surface area contributed by atoms with Crippen LogP contribution in [0.1, 0.15) is 0 Å². The van der Waals surface area contributed by atoms with E-state index >= 15 is 0 Å². The molecule has 0 amide bonds. The first-order chi connectivity index (χ1) is 25.3. The van der Waals surface area contributed by atoms with E-state index in [0.717, 1.165) is 39.0 Å². The molecule has 0 bridgehead atoms. The Labute approximate surface area is 298 Å². The number of nitrogens with zero attached hydrogens (tertiary/aromatic N) is 1. The van der Waals surface area contributed by atoms with Crippen LogP contribution in [0.4, 0.5) is 17.1 Å². The van der Waals surface area contributed by atoms with Gasteiger partial charge in [-0.2, -0.15) is 0 Å². The highest BCUT2D eigenvalue weighted by molar-refractivity contribution is 7.26. The molecule has 0 fully saturated rings. The maximum absolute atomic E-state index is 6.59. The van der Waals surface area contributed by atoms with Crippen LogP contribution in [0.2, 0.25) is 0 Å². The molecular formula is C48H29NOS. The molecule has 0 aliphatic rings. The van der Waals surface area contributed by atoms with Crippen LogP contribution >= 0.6 is 11.3 Å². The van der Waals surface area contributed by atoms with Crippen LogP contribution in [0, 0.1) is 0 Å². The van der Waals surface area contributed by atoms with Gasteiger partial charge in [0.1, 0.15) is 11.2 Å². The van der Waals surface area contributed by atoms with E-state index in [1.807, 2.05) is 11.3 Å². The third-order valence-electron chi connectivity index (χ3n) is 10.4. The van der Waals surface area contributed by atoms with E-state index in [1.165, 1.54) is 63.6 Å². The smallest absolute Gasteiger partial charge is 0.144 e. The van der Waals surface area contributed by atoms with E-state index in [4.69, 9.17) is 4.42 Å². The Bertz CT molecular complexity index is 3080. The molecule has 2 nitrogen and oxygen atoms in total. The SMILES string of the molecule is c1ccc(N(c2ccccc2)c2ccc3c4ccc(-c5cc6c7ccccc7oc6c6c5sc5ccccc56)cc4c4ccccc4c3c2)cc1. The van der Waals surface area contributed by atoms with Gasteiger partial charge >= 0.3 is 0 Å². The summed E-state index contributed by atoms with van der Waals surface area (Å²) in [5, 5.41) is 12.3. The molecule has 11 rings (SSSR count). The fourth-order valence-electron chi connectivity index (χ4n) is 8.13. The second kappa shape index (κ2) is 11.0. The zero-order valence-electron chi connectivity index (χ0n) is 27.5. The van der Waals surface area contributed by atoms with Gasteiger partial charge in [-0.15, -0.1) is 11.3 Å². The molecule has 2 aromatic heterocycles. The number of hydrogen-bond donors (Lipinski definition) is 0. The molecule has 51 heavy (non-hydrogen) atoms. The Hall–Kier alpha value is -6.42. The van der Waals surface area contributed by atoms with Gasteiger partial charge in [-0.3, -0.25) is 0 Å². The minimum atomic E-state index is 0.926. The van der Waals surface area contributed by atoms with Gasteiger partial charge in [0.2, 0.25) is 0 Å². The van der Waals surface area contributed by atoms with Crippen molar-refractivity contribution in [2.75, 3.05) is 4.90 Å². The minimum Gasteiger partial charge on any atom is -0.455 e. The highest BCUT2D eigenvalue weighted by atomic mass is 32.1. The Kier molecular flexibility index (Phi) is 6.16. The monoisotopic (exact) mass is 667 g/mol. The van der Waals surface area contributed by atoms with Crippen LogP contribution in [0.25, 0.3) is 85.6 Å². The number of fused-ring (bicyclic) bond motifs is 13. The number of thiophene rings is 1. The summed E-state index contributed by atoms with van der Waals surface area (Å²) in [6, 6.07) is 63.6. The van der Waals surface area contributed by atoms with Gasteiger partial charge < -0.3 is 9.32 Å². The average Bonchev–Trinajstić information content (AvgIpc) is 3.77. The van der Waals surface area contributed by atoms with Crippen LogP contribution in [-0.2, 0) is 0 Å². The van der Waals surface area contributed by atoms with Crippen LogP contribution in [0.5, 0.6) is 0 Å². The van der Waals surface area contributed by atoms with E-state index < -0.39 is 0 Å². The fourth-order valence-corrected chi connectivity index (χ4v) is 9.37. The van der Waals surface area contributed by atoms with Crippen molar-refractivity contribution in [2.24, 2.45) is 0 Å². The number of rotatable bonds is 4. The van der Waals surface area contributed by atoms with Crippen LogP contribution in [-0.4, -0.2) is 0 Å². The Balaban J connectivity index is 1.17. The molecule has 0 N–H and O–H groups in total. The Morgan fingerprint density at radius 1 is 0.392 bits per heavy atom. The summed E-state index contributed by atoms with van der Waals surface area (Å²) in [5.41, 5.74) is 7.75. The molecule has 0 spiro atoms. The second-order valence-corrected chi connectivity index (χ2v) is 14.3. The lowest BCUT2D eigenvalue weighted by Crippen LogP contribution is -2.09. The number of para-hydroxylation sites is 3. The van der Waals surface area contributed by atoms with Crippen molar-refractivity contribution >= 4 is 103 Å². The van der Waals surface area contributed by atoms with Gasteiger partial charge in [-0.25, -0.2) is 0 Å². The van der Waals surface area contributed by atoms with Crippen molar-refractivity contribution in [1.82, 2.24) is 0 Å². The van der Waals surface area contributed by atoms with Crippen molar-refractivity contribution in [1.29, 1.82) is 0 Å². The number of benzene rings is 9. The van der Waals surface area contributed by atoms with E-state index in [0.29, 0.717) is 0 Å². The van der Waals surface area contributed by atoms with Crippen molar-refractivity contribution in [3.63, 3.8) is 0 Å². The molecule has 0 unspecified atom stereocenters. The summed E-state index contributed by atoms with van der Waals surface area (Å²) in [4.78, 5) is 2.34. The molecule has 9 aromatic carbocycles. The van der Waals surface area contributed by atoms with Gasteiger partial charge in [-0.1, -0.05) is 115 Å². The molecule has 0 radical (unpaired) electrons. The summed E-state index contributed by atoms with van der Waals surface area (Å²) in [6.07, 6.45) is 0. The molecule has 11 aromatic rings.